The van der Waals surface area contributed by atoms with E-state index in [4.69, 9.17) is 5.26 Å². The molecule has 3 nitrogen and oxygen atoms in total. The first-order valence-electron chi connectivity index (χ1n) is 3.28. The molecule has 10 heavy (non-hydrogen) atoms. The Morgan fingerprint density at radius 1 is 1.90 bits per heavy atom. The van der Waals surface area contributed by atoms with Crippen molar-refractivity contribution < 1.29 is 9.90 Å². The van der Waals surface area contributed by atoms with Crippen LogP contribution >= 0.6 is 0 Å². The third kappa shape index (κ3) is 0.729. The number of nitriles is 1. The second kappa shape index (κ2) is 2.06. The Labute approximate surface area is 59.3 Å². The first-order chi connectivity index (χ1) is 4.61. The zero-order valence-corrected chi connectivity index (χ0v) is 5.79. The van der Waals surface area contributed by atoms with Crippen molar-refractivity contribution >= 4 is 5.78 Å². The Hall–Kier alpha value is -0.880. The van der Waals surface area contributed by atoms with Crippen molar-refractivity contribution in [1.82, 2.24) is 0 Å². The van der Waals surface area contributed by atoms with E-state index in [2.05, 4.69) is 0 Å². The highest BCUT2D eigenvalue weighted by Gasteiger charge is 2.46. The van der Waals surface area contributed by atoms with Gasteiger partial charge in [-0.25, -0.2) is 0 Å². The Bertz CT molecular complexity index is 206. The van der Waals surface area contributed by atoms with Gasteiger partial charge in [0.2, 0.25) is 5.60 Å². The van der Waals surface area contributed by atoms with Gasteiger partial charge < -0.3 is 5.11 Å². The molecule has 0 spiro atoms. The van der Waals surface area contributed by atoms with Gasteiger partial charge in [0.25, 0.3) is 0 Å². The summed E-state index contributed by atoms with van der Waals surface area (Å²) >= 11 is 0. The van der Waals surface area contributed by atoms with Crippen LogP contribution in [0.2, 0.25) is 0 Å². The maximum absolute atomic E-state index is 10.9. The molecule has 0 aliphatic heterocycles. The van der Waals surface area contributed by atoms with Crippen LogP contribution in [0, 0.1) is 17.2 Å². The number of nitrogens with zero attached hydrogens (tertiary/aromatic N) is 1. The van der Waals surface area contributed by atoms with E-state index in [9.17, 15) is 9.90 Å². The van der Waals surface area contributed by atoms with Crippen LogP contribution in [0.1, 0.15) is 19.8 Å². The maximum Gasteiger partial charge on any atom is 0.212 e. The smallest absolute Gasteiger partial charge is 0.212 e. The number of carbonyl (C=O) groups is 1. The molecule has 1 N–H and O–H groups in total. The van der Waals surface area contributed by atoms with Gasteiger partial charge in [-0.1, -0.05) is 6.92 Å². The summed E-state index contributed by atoms with van der Waals surface area (Å²) in [4.78, 5) is 10.9. The lowest BCUT2D eigenvalue weighted by atomic mass is 9.94. The van der Waals surface area contributed by atoms with Crippen molar-refractivity contribution in [1.29, 1.82) is 5.26 Å². The molecule has 0 heterocycles. The molecule has 0 amide bonds. The quantitative estimate of drug-likeness (QED) is 0.489. The fraction of sp³-hybridized carbons (Fsp3) is 0.714. The fourth-order valence-corrected chi connectivity index (χ4v) is 1.19. The van der Waals surface area contributed by atoms with Crippen LogP contribution in [0.5, 0.6) is 0 Å². The maximum atomic E-state index is 10.9. The lowest BCUT2D eigenvalue weighted by molar-refractivity contribution is -0.130. The molecular formula is C7H9NO2. The van der Waals surface area contributed by atoms with Gasteiger partial charge in [0.05, 0.1) is 0 Å². The zero-order valence-electron chi connectivity index (χ0n) is 5.79. The summed E-state index contributed by atoms with van der Waals surface area (Å²) < 4.78 is 0. The van der Waals surface area contributed by atoms with Crippen LogP contribution in [-0.4, -0.2) is 16.5 Å². The Kier molecular flexibility index (Phi) is 1.49. The third-order valence-electron chi connectivity index (χ3n) is 2.11. The number of rotatable bonds is 0. The van der Waals surface area contributed by atoms with Crippen molar-refractivity contribution in [3.63, 3.8) is 0 Å². The number of ketones is 1. The number of hydrogen-bond donors (Lipinski definition) is 1. The van der Waals surface area contributed by atoms with Gasteiger partial charge in [0.1, 0.15) is 6.07 Å². The molecule has 1 fully saturated rings. The molecule has 0 aromatic rings. The van der Waals surface area contributed by atoms with E-state index in [1.807, 2.05) is 0 Å². The number of carbonyl (C=O) groups excluding carboxylic acids is 1. The van der Waals surface area contributed by atoms with Gasteiger partial charge in [-0.15, -0.1) is 0 Å². The van der Waals surface area contributed by atoms with Gasteiger partial charge in [-0.05, 0) is 6.42 Å². The Morgan fingerprint density at radius 2 is 2.50 bits per heavy atom. The van der Waals surface area contributed by atoms with Gasteiger partial charge in [-0.3, -0.25) is 4.79 Å². The summed E-state index contributed by atoms with van der Waals surface area (Å²) in [6, 6.07) is 1.65. The summed E-state index contributed by atoms with van der Waals surface area (Å²) in [5, 5.41) is 17.8. The van der Waals surface area contributed by atoms with Crippen molar-refractivity contribution in [2.45, 2.75) is 25.4 Å². The van der Waals surface area contributed by atoms with Crippen molar-refractivity contribution in [2.75, 3.05) is 0 Å². The molecule has 2 atom stereocenters. The third-order valence-corrected chi connectivity index (χ3v) is 2.11. The molecule has 54 valence electrons. The van der Waals surface area contributed by atoms with E-state index in [-0.39, 0.29) is 11.7 Å². The first kappa shape index (κ1) is 7.23. The van der Waals surface area contributed by atoms with E-state index in [1.54, 1.807) is 13.0 Å². The largest absolute Gasteiger partial charge is 0.369 e. The minimum atomic E-state index is -1.68. The summed E-state index contributed by atoms with van der Waals surface area (Å²) in [6.45, 7) is 1.72. The van der Waals surface area contributed by atoms with Crippen LogP contribution in [0.25, 0.3) is 0 Å². The highest BCUT2D eigenvalue weighted by atomic mass is 16.3. The minimum absolute atomic E-state index is 0.204. The van der Waals surface area contributed by atoms with E-state index >= 15 is 0 Å². The van der Waals surface area contributed by atoms with Gasteiger partial charge in [0.15, 0.2) is 5.78 Å². The summed E-state index contributed by atoms with van der Waals surface area (Å²) in [6.07, 6.45) is 0.966. The molecule has 0 aromatic carbocycles. The molecule has 0 saturated heterocycles. The van der Waals surface area contributed by atoms with Crippen LogP contribution in [-0.2, 0) is 4.79 Å². The highest BCUT2D eigenvalue weighted by Crippen LogP contribution is 2.31. The van der Waals surface area contributed by atoms with Gasteiger partial charge in [-0.2, -0.15) is 5.26 Å². The highest BCUT2D eigenvalue weighted by molar-refractivity contribution is 5.92. The van der Waals surface area contributed by atoms with Gasteiger partial charge in [0, 0.05) is 12.3 Å². The summed E-state index contributed by atoms with van der Waals surface area (Å²) in [7, 11) is 0. The standard InChI is InChI=1S/C7H9NO2/c1-5-2-3-6(9)7(5,10)4-8/h5,10H,2-3H2,1H3. The molecule has 1 rings (SSSR count). The Morgan fingerprint density at radius 3 is 2.70 bits per heavy atom. The molecule has 1 aliphatic carbocycles. The monoisotopic (exact) mass is 139 g/mol. The second-order valence-corrected chi connectivity index (χ2v) is 2.74. The lowest BCUT2D eigenvalue weighted by Crippen LogP contribution is -2.36. The van der Waals surface area contributed by atoms with E-state index < -0.39 is 5.60 Å². The van der Waals surface area contributed by atoms with Crippen LogP contribution in [0.3, 0.4) is 0 Å². The second-order valence-electron chi connectivity index (χ2n) is 2.74. The average Bonchev–Trinajstić information content (AvgIpc) is 2.18. The first-order valence-corrected chi connectivity index (χ1v) is 3.28. The van der Waals surface area contributed by atoms with Crippen LogP contribution < -0.4 is 0 Å². The van der Waals surface area contributed by atoms with E-state index in [0.717, 1.165) is 0 Å². The molecular weight excluding hydrogens is 130 g/mol. The average molecular weight is 139 g/mol. The molecule has 0 radical (unpaired) electrons. The molecule has 0 aromatic heterocycles. The van der Waals surface area contributed by atoms with Crippen molar-refractivity contribution in [3.8, 4) is 6.07 Å². The Balaban J connectivity index is 2.93. The minimum Gasteiger partial charge on any atom is -0.369 e. The van der Waals surface area contributed by atoms with Gasteiger partial charge >= 0.3 is 0 Å². The number of aliphatic hydroxyl groups is 1. The van der Waals surface area contributed by atoms with Crippen LogP contribution in [0.15, 0.2) is 0 Å². The summed E-state index contributed by atoms with van der Waals surface area (Å²) in [5.74, 6) is -0.535. The molecule has 0 bridgehead atoms. The van der Waals surface area contributed by atoms with Crippen molar-refractivity contribution in [3.05, 3.63) is 0 Å². The molecule has 2 unspecified atom stereocenters. The predicted octanol–water partition coefficient (Wildman–Crippen LogP) is 0.240. The fourth-order valence-electron chi connectivity index (χ4n) is 1.19. The predicted molar refractivity (Wildman–Crippen MR) is 34.0 cm³/mol. The number of hydrogen-bond acceptors (Lipinski definition) is 3. The lowest BCUT2D eigenvalue weighted by Gasteiger charge is -2.15. The molecule has 1 aliphatic rings. The van der Waals surface area contributed by atoms with E-state index in [0.29, 0.717) is 12.8 Å². The number of Topliss-reactive ketones (excluding diaryl/α,β-unsaturated/α-hetero) is 1. The van der Waals surface area contributed by atoms with Crippen molar-refractivity contribution in [2.24, 2.45) is 5.92 Å². The topological polar surface area (TPSA) is 61.1 Å². The SMILES string of the molecule is CC1CCC(=O)C1(O)C#N. The normalized spacial score (nSPS) is 39.7. The molecule has 1 saturated carbocycles. The summed E-state index contributed by atoms with van der Waals surface area (Å²) in [5.41, 5.74) is -1.68. The van der Waals surface area contributed by atoms with Crippen LogP contribution in [0.4, 0.5) is 0 Å². The van der Waals surface area contributed by atoms with E-state index in [1.165, 1.54) is 0 Å². The molecule has 3 heteroatoms. The zero-order chi connectivity index (χ0) is 7.78.